The van der Waals surface area contributed by atoms with Crippen molar-refractivity contribution in [3.05, 3.63) is 24.3 Å². The van der Waals surface area contributed by atoms with Gasteiger partial charge in [-0.3, -0.25) is 9.59 Å². The van der Waals surface area contributed by atoms with Gasteiger partial charge in [-0.05, 0) is 44.9 Å². The van der Waals surface area contributed by atoms with Crippen LogP contribution in [-0.4, -0.2) is 36.4 Å². The Kier molecular flexibility index (Phi) is 40.4. The van der Waals surface area contributed by atoms with Crippen molar-refractivity contribution in [3.63, 3.8) is 0 Å². The Morgan fingerprint density at radius 1 is 0.460 bits per heavy atom. The summed E-state index contributed by atoms with van der Waals surface area (Å²) in [6.07, 6.45) is 49.6. The highest BCUT2D eigenvalue weighted by Crippen LogP contribution is 2.16. The third-order valence-electron chi connectivity index (χ3n) is 9.75. The van der Waals surface area contributed by atoms with Crippen molar-refractivity contribution in [2.24, 2.45) is 0 Å². The second-order valence-corrected chi connectivity index (χ2v) is 14.8. The molecular formula is C45H84O5. The van der Waals surface area contributed by atoms with Crippen molar-refractivity contribution >= 4 is 11.9 Å². The van der Waals surface area contributed by atoms with Gasteiger partial charge in [0.25, 0.3) is 0 Å². The van der Waals surface area contributed by atoms with E-state index in [1.807, 2.05) is 0 Å². The summed E-state index contributed by atoms with van der Waals surface area (Å²) in [4.78, 5) is 24.3. The van der Waals surface area contributed by atoms with Gasteiger partial charge in [0.15, 0.2) is 6.10 Å². The predicted molar refractivity (Wildman–Crippen MR) is 215 cm³/mol. The number of unbranched alkanes of at least 4 members (excludes halogenated alkanes) is 28. The van der Waals surface area contributed by atoms with E-state index in [1.54, 1.807) is 0 Å². The lowest BCUT2D eigenvalue weighted by atomic mass is 10.0. The van der Waals surface area contributed by atoms with E-state index >= 15 is 0 Å². The van der Waals surface area contributed by atoms with Crippen LogP contribution in [0.2, 0.25) is 0 Å². The fraction of sp³-hybridized carbons (Fsp3) is 0.867. The lowest BCUT2D eigenvalue weighted by Crippen LogP contribution is -2.28. The van der Waals surface area contributed by atoms with Gasteiger partial charge < -0.3 is 14.6 Å². The van der Waals surface area contributed by atoms with E-state index in [-0.39, 0.29) is 25.2 Å². The van der Waals surface area contributed by atoms with Gasteiger partial charge in [0.1, 0.15) is 6.61 Å². The average Bonchev–Trinajstić information content (AvgIpc) is 3.12. The SMILES string of the molecule is CCCCCC=CCC=CCCCCCCCCCC(=O)OC[C@H](CO)OC(=O)CCCCCCCCCCCCCCCCCCCCC. The Morgan fingerprint density at radius 3 is 1.22 bits per heavy atom. The maximum atomic E-state index is 12.2. The molecule has 0 aromatic heterocycles. The van der Waals surface area contributed by atoms with Gasteiger partial charge in [-0.15, -0.1) is 0 Å². The van der Waals surface area contributed by atoms with Crippen molar-refractivity contribution in [1.82, 2.24) is 0 Å². The number of aliphatic hydroxyl groups excluding tert-OH is 1. The molecule has 0 aliphatic heterocycles. The van der Waals surface area contributed by atoms with Crippen LogP contribution in [0.15, 0.2) is 24.3 Å². The Morgan fingerprint density at radius 2 is 0.800 bits per heavy atom. The van der Waals surface area contributed by atoms with E-state index in [0.29, 0.717) is 12.8 Å². The molecule has 0 aromatic rings. The summed E-state index contributed by atoms with van der Waals surface area (Å²) < 4.78 is 10.6. The van der Waals surface area contributed by atoms with E-state index in [9.17, 15) is 14.7 Å². The molecule has 0 fully saturated rings. The molecule has 0 heterocycles. The van der Waals surface area contributed by atoms with Crippen molar-refractivity contribution in [2.75, 3.05) is 13.2 Å². The average molecular weight is 705 g/mol. The van der Waals surface area contributed by atoms with Crippen LogP contribution in [0.3, 0.4) is 0 Å². The van der Waals surface area contributed by atoms with Crippen LogP contribution in [0.25, 0.3) is 0 Å². The van der Waals surface area contributed by atoms with Crippen LogP contribution < -0.4 is 0 Å². The number of carbonyl (C=O) groups is 2. The first kappa shape index (κ1) is 48.4. The highest BCUT2D eigenvalue weighted by atomic mass is 16.6. The number of hydrogen-bond donors (Lipinski definition) is 1. The summed E-state index contributed by atoms with van der Waals surface area (Å²) in [5.74, 6) is -0.589. The number of ether oxygens (including phenoxy) is 2. The second-order valence-electron chi connectivity index (χ2n) is 14.8. The standard InChI is InChI=1S/C45H84O5/c1-3-5-7-9-11-13-15-17-19-21-22-24-26-28-30-32-34-36-38-40-45(48)50-43(41-46)42-49-44(47)39-37-35-33-31-29-27-25-23-20-18-16-14-12-10-8-6-4-2/h12,14,18,20,43,46H,3-11,13,15-17,19,21-42H2,1-2H3/t43-/m0/s1. The van der Waals surface area contributed by atoms with Gasteiger partial charge in [-0.2, -0.15) is 0 Å². The van der Waals surface area contributed by atoms with Crippen LogP contribution in [-0.2, 0) is 19.1 Å². The van der Waals surface area contributed by atoms with Crippen LogP contribution in [0.1, 0.15) is 232 Å². The maximum Gasteiger partial charge on any atom is 0.306 e. The summed E-state index contributed by atoms with van der Waals surface area (Å²) in [5, 5.41) is 9.58. The van der Waals surface area contributed by atoms with Gasteiger partial charge in [0.05, 0.1) is 6.61 Å². The largest absolute Gasteiger partial charge is 0.462 e. The molecule has 50 heavy (non-hydrogen) atoms. The molecule has 294 valence electrons. The molecule has 0 aliphatic rings. The number of rotatable bonds is 40. The normalized spacial score (nSPS) is 12.3. The number of esters is 2. The molecule has 1 N–H and O–H groups in total. The Labute approximate surface area is 311 Å². The molecule has 0 amide bonds. The molecule has 0 saturated heterocycles. The maximum absolute atomic E-state index is 12.2. The molecule has 0 aliphatic carbocycles. The molecule has 5 nitrogen and oxygen atoms in total. The molecule has 0 spiro atoms. The van der Waals surface area contributed by atoms with Crippen LogP contribution >= 0.6 is 0 Å². The van der Waals surface area contributed by atoms with Gasteiger partial charge in [-0.25, -0.2) is 0 Å². The van der Waals surface area contributed by atoms with E-state index in [4.69, 9.17) is 9.47 Å². The Bertz CT molecular complexity index is 761. The molecule has 0 unspecified atom stereocenters. The van der Waals surface area contributed by atoms with Crippen molar-refractivity contribution in [3.8, 4) is 0 Å². The molecule has 0 bridgehead atoms. The zero-order chi connectivity index (χ0) is 36.4. The summed E-state index contributed by atoms with van der Waals surface area (Å²) in [7, 11) is 0. The minimum absolute atomic E-state index is 0.0655. The van der Waals surface area contributed by atoms with Gasteiger partial charge in [0, 0.05) is 12.8 Å². The molecule has 0 radical (unpaired) electrons. The number of hydrogen-bond acceptors (Lipinski definition) is 5. The zero-order valence-electron chi connectivity index (χ0n) is 33.4. The third-order valence-corrected chi connectivity index (χ3v) is 9.75. The zero-order valence-corrected chi connectivity index (χ0v) is 33.4. The van der Waals surface area contributed by atoms with Crippen LogP contribution in [0, 0.1) is 0 Å². The van der Waals surface area contributed by atoms with Crippen LogP contribution in [0.4, 0.5) is 0 Å². The molecule has 0 rings (SSSR count). The highest BCUT2D eigenvalue weighted by molar-refractivity contribution is 5.70. The third kappa shape index (κ3) is 39.2. The topological polar surface area (TPSA) is 72.8 Å². The van der Waals surface area contributed by atoms with Gasteiger partial charge >= 0.3 is 11.9 Å². The minimum atomic E-state index is -0.770. The van der Waals surface area contributed by atoms with Gasteiger partial charge in [-0.1, -0.05) is 199 Å². The molecular weight excluding hydrogens is 620 g/mol. The van der Waals surface area contributed by atoms with Crippen molar-refractivity contribution in [2.45, 2.75) is 238 Å². The molecule has 0 saturated carbocycles. The summed E-state index contributed by atoms with van der Waals surface area (Å²) in [5.41, 5.74) is 0. The molecule has 0 aromatic carbocycles. The van der Waals surface area contributed by atoms with E-state index in [2.05, 4.69) is 38.2 Å². The lowest BCUT2D eigenvalue weighted by molar-refractivity contribution is -0.161. The Balaban J connectivity index is 3.50. The fourth-order valence-corrected chi connectivity index (χ4v) is 6.41. The smallest absolute Gasteiger partial charge is 0.306 e. The lowest BCUT2D eigenvalue weighted by Gasteiger charge is -2.15. The summed E-state index contributed by atoms with van der Waals surface area (Å²) in [6, 6.07) is 0. The van der Waals surface area contributed by atoms with Gasteiger partial charge in [0.2, 0.25) is 0 Å². The van der Waals surface area contributed by atoms with E-state index in [1.165, 1.54) is 161 Å². The number of allylic oxidation sites excluding steroid dienone is 4. The summed E-state index contributed by atoms with van der Waals surface area (Å²) in [6.45, 7) is 4.13. The molecule has 1 atom stereocenters. The van der Waals surface area contributed by atoms with Crippen molar-refractivity contribution < 1.29 is 24.2 Å². The van der Waals surface area contributed by atoms with E-state index in [0.717, 1.165) is 44.9 Å². The van der Waals surface area contributed by atoms with Crippen LogP contribution in [0.5, 0.6) is 0 Å². The summed E-state index contributed by atoms with van der Waals surface area (Å²) >= 11 is 0. The second kappa shape index (κ2) is 41.8. The quantitative estimate of drug-likeness (QED) is 0.0390. The number of carbonyl (C=O) groups excluding carboxylic acids is 2. The minimum Gasteiger partial charge on any atom is -0.462 e. The molecule has 5 heteroatoms. The predicted octanol–water partition coefficient (Wildman–Crippen LogP) is 13.8. The first-order chi connectivity index (χ1) is 24.6. The van der Waals surface area contributed by atoms with E-state index < -0.39 is 6.10 Å². The monoisotopic (exact) mass is 705 g/mol. The first-order valence-corrected chi connectivity index (χ1v) is 21.9. The number of aliphatic hydroxyl groups is 1. The first-order valence-electron chi connectivity index (χ1n) is 21.9. The fourth-order valence-electron chi connectivity index (χ4n) is 6.41. The Hall–Kier alpha value is -1.62. The van der Waals surface area contributed by atoms with Crippen molar-refractivity contribution in [1.29, 1.82) is 0 Å². The highest BCUT2D eigenvalue weighted by Gasteiger charge is 2.16.